The lowest BCUT2D eigenvalue weighted by Gasteiger charge is -2.34. The summed E-state index contributed by atoms with van der Waals surface area (Å²) in [5.74, 6) is -0.139. The minimum absolute atomic E-state index is 0.0248. The van der Waals surface area contributed by atoms with Crippen LogP contribution in [-0.2, 0) is 13.6 Å². The molecule has 1 aliphatic rings. The first-order valence-electron chi connectivity index (χ1n) is 9.78. The molecular weight excluding hydrogens is 397 g/mol. The van der Waals surface area contributed by atoms with Gasteiger partial charge in [-0.25, -0.2) is 4.39 Å². The van der Waals surface area contributed by atoms with Gasteiger partial charge in [0.2, 0.25) is 0 Å². The van der Waals surface area contributed by atoms with Crippen molar-refractivity contribution in [3.63, 3.8) is 0 Å². The minimum atomic E-state index is -0.265. The van der Waals surface area contributed by atoms with Crippen LogP contribution in [0.25, 0.3) is 11.1 Å². The molecule has 30 heavy (non-hydrogen) atoms. The van der Waals surface area contributed by atoms with Gasteiger partial charge in [-0.3, -0.25) is 9.48 Å². The molecule has 150 valence electrons. The summed E-state index contributed by atoms with van der Waals surface area (Å²) in [5, 5.41) is 6.28. The number of benzene rings is 2. The summed E-state index contributed by atoms with van der Waals surface area (Å²) in [6, 6.07) is 16.6. The average molecular weight is 418 g/mol. The number of thiophene rings is 1. The standard InChI is InChI=1S/C24H20FN3OS/c1-27-12-19(11-26-27)22-14-28(13-17-4-2-3-5-21(17)22)24(29)23-10-18(15-30-23)16-6-8-20(25)9-7-16/h2-12,15,22H,13-14H2,1H3. The second kappa shape index (κ2) is 7.54. The summed E-state index contributed by atoms with van der Waals surface area (Å²) in [6.07, 6.45) is 3.90. The number of aryl methyl sites for hydroxylation is 1. The van der Waals surface area contributed by atoms with E-state index >= 15 is 0 Å². The van der Waals surface area contributed by atoms with Crippen molar-refractivity contribution in [2.45, 2.75) is 12.5 Å². The number of fused-ring (bicyclic) bond motifs is 1. The molecule has 0 saturated carbocycles. The Morgan fingerprint density at radius 2 is 1.93 bits per heavy atom. The highest BCUT2D eigenvalue weighted by Gasteiger charge is 2.30. The van der Waals surface area contributed by atoms with Crippen LogP contribution < -0.4 is 0 Å². The van der Waals surface area contributed by atoms with E-state index in [0.717, 1.165) is 16.7 Å². The molecule has 4 nitrogen and oxygen atoms in total. The number of amides is 1. The summed E-state index contributed by atoms with van der Waals surface area (Å²) >= 11 is 1.43. The highest BCUT2D eigenvalue weighted by atomic mass is 32.1. The smallest absolute Gasteiger partial charge is 0.264 e. The molecule has 6 heteroatoms. The number of hydrogen-bond acceptors (Lipinski definition) is 3. The van der Waals surface area contributed by atoms with Crippen LogP contribution >= 0.6 is 11.3 Å². The van der Waals surface area contributed by atoms with Crippen molar-refractivity contribution in [2.75, 3.05) is 6.54 Å². The van der Waals surface area contributed by atoms with Crippen molar-refractivity contribution in [2.24, 2.45) is 7.05 Å². The second-order valence-corrected chi connectivity index (χ2v) is 8.50. The van der Waals surface area contributed by atoms with E-state index < -0.39 is 0 Å². The minimum Gasteiger partial charge on any atom is -0.333 e. The molecule has 0 spiro atoms. The van der Waals surface area contributed by atoms with Gasteiger partial charge in [0.1, 0.15) is 5.82 Å². The molecule has 0 fully saturated rings. The molecule has 3 heterocycles. The Bertz CT molecular complexity index is 1210. The quantitative estimate of drug-likeness (QED) is 0.466. The third-order valence-corrected chi connectivity index (χ3v) is 6.52. The van der Waals surface area contributed by atoms with Crippen LogP contribution in [0.3, 0.4) is 0 Å². The molecule has 5 rings (SSSR count). The lowest BCUT2D eigenvalue weighted by atomic mass is 9.86. The van der Waals surface area contributed by atoms with E-state index in [2.05, 4.69) is 17.2 Å². The fourth-order valence-corrected chi connectivity index (χ4v) is 4.95. The Labute approximate surface area is 178 Å². The highest BCUT2D eigenvalue weighted by molar-refractivity contribution is 7.12. The van der Waals surface area contributed by atoms with E-state index in [0.29, 0.717) is 18.0 Å². The van der Waals surface area contributed by atoms with E-state index in [-0.39, 0.29) is 17.6 Å². The molecule has 1 amide bonds. The van der Waals surface area contributed by atoms with Crippen LogP contribution in [0.4, 0.5) is 4.39 Å². The Hall–Kier alpha value is -3.25. The number of halogens is 1. The molecule has 1 atom stereocenters. The van der Waals surface area contributed by atoms with Crippen molar-refractivity contribution in [3.05, 3.63) is 99.8 Å². The maximum atomic E-state index is 13.3. The number of hydrogen-bond donors (Lipinski definition) is 0. The van der Waals surface area contributed by atoms with Gasteiger partial charge in [0, 0.05) is 32.3 Å². The maximum absolute atomic E-state index is 13.3. The highest BCUT2D eigenvalue weighted by Crippen LogP contribution is 2.35. The summed E-state index contributed by atoms with van der Waals surface area (Å²) < 4.78 is 15.0. The summed E-state index contributed by atoms with van der Waals surface area (Å²) in [7, 11) is 1.91. The third-order valence-electron chi connectivity index (χ3n) is 5.60. The Balaban J connectivity index is 1.44. The predicted molar refractivity (Wildman–Crippen MR) is 116 cm³/mol. The topological polar surface area (TPSA) is 38.1 Å². The van der Waals surface area contributed by atoms with Crippen molar-refractivity contribution in [3.8, 4) is 11.1 Å². The van der Waals surface area contributed by atoms with Crippen molar-refractivity contribution >= 4 is 17.2 Å². The van der Waals surface area contributed by atoms with Gasteiger partial charge < -0.3 is 4.90 Å². The van der Waals surface area contributed by atoms with Crippen LogP contribution in [0.2, 0.25) is 0 Å². The molecule has 0 bridgehead atoms. The number of carbonyl (C=O) groups excluding carboxylic acids is 1. The first-order chi connectivity index (χ1) is 14.6. The summed E-state index contributed by atoms with van der Waals surface area (Å²) in [4.78, 5) is 16.0. The molecule has 0 saturated heterocycles. The van der Waals surface area contributed by atoms with Crippen molar-refractivity contribution in [1.82, 2.24) is 14.7 Å². The molecule has 0 radical (unpaired) electrons. The van der Waals surface area contributed by atoms with E-state index in [9.17, 15) is 9.18 Å². The first kappa shape index (κ1) is 18.8. The molecule has 0 aliphatic carbocycles. The first-order valence-corrected chi connectivity index (χ1v) is 10.7. The van der Waals surface area contributed by atoms with E-state index in [1.807, 2.05) is 47.9 Å². The normalized spacial score (nSPS) is 15.8. The molecule has 1 aliphatic heterocycles. The Kier molecular flexibility index (Phi) is 4.71. The van der Waals surface area contributed by atoms with Gasteiger partial charge in [-0.1, -0.05) is 36.4 Å². The molecule has 1 unspecified atom stereocenters. The van der Waals surface area contributed by atoms with Gasteiger partial charge in [-0.2, -0.15) is 5.10 Å². The molecule has 2 aromatic heterocycles. The van der Waals surface area contributed by atoms with Crippen molar-refractivity contribution < 1.29 is 9.18 Å². The van der Waals surface area contributed by atoms with Crippen LogP contribution in [0.5, 0.6) is 0 Å². The predicted octanol–water partition coefficient (Wildman–Crippen LogP) is 5.08. The second-order valence-electron chi connectivity index (χ2n) is 7.59. The van der Waals surface area contributed by atoms with Crippen LogP contribution in [0.1, 0.15) is 32.3 Å². The zero-order valence-electron chi connectivity index (χ0n) is 16.5. The van der Waals surface area contributed by atoms with E-state index in [1.165, 1.54) is 34.6 Å². The van der Waals surface area contributed by atoms with Gasteiger partial charge in [0.25, 0.3) is 5.91 Å². The van der Waals surface area contributed by atoms with Gasteiger partial charge >= 0.3 is 0 Å². The maximum Gasteiger partial charge on any atom is 0.264 e. The lowest BCUT2D eigenvalue weighted by Crippen LogP contribution is -2.38. The Morgan fingerprint density at radius 1 is 1.13 bits per heavy atom. The van der Waals surface area contributed by atoms with Gasteiger partial charge in [0.15, 0.2) is 0 Å². The van der Waals surface area contributed by atoms with Crippen LogP contribution in [-0.4, -0.2) is 27.1 Å². The van der Waals surface area contributed by atoms with E-state index in [4.69, 9.17) is 0 Å². The largest absolute Gasteiger partial charge is 0.333 e. The van der Waals surface area contributed by atoms with Crippen LogP contribution in [0.15, 0.2) is 72.4 Å². The summed E-state index contributed by atoms with van der Waals surface area (Å²) in [5.41, 5.74) is 5.38. The van der Waals surface area contributed by atoms with Gasteiger partial charge in [0.05, 0.1) is 11.1 Å². The average Bonchev–Trinajstić information content (AvgIpc) is 3.42. The van der Waals surface area contributed by atoms with Crippen LogP contribution in [0, 0.1) is 5.82 Å². The molecular formula is C24H20FN3OS. The van der Waals surface area contributed by atoms with Gasteiger partial charge in [-0.05, 0) is 51.4 Å². The van der Waals surface area contributed by atoms with E-state index in [1.54, 1.807) is 16.8 Å². The SMILES string of the molecule is Cn1cc(C2CN(C(=O)c3cc(-c4ccc(F)cc4)cs3)Cc3ccccc32)cn1. The zero-order chi connectivity index (χ0) is 20.7. The fourth-order valence-electron chi connectivity index (χ4n) is 4.06. The number of rotatable bonds is 3. The number of nitrogens with zero attached hydrogens (tertiary/aromatic N) is 3. The third kappa shape index (κ3) is 3.44. The Morgan fingerprint density at radius 3 is 2.70 bits per heavy atom. The number of carbonyl (C=O) groups is 1. The zero-order valence-corrected chi connectivity index (χ0v) is 17.3. The number of aromatic nitrogens is 2. The molecule has 2 aromatic carbocycles. The summed E-state index contributed by atoms with van der Waals surface area (Å²) in [6.45, 7) is 1.21. The monoisotopic (exact) mass is 417 g/mol. The fraction of sp³-hybridized carbons (Fsp3) is 0.167. The lowest BCUT2D eigenvalue weighted by molar-refractivity contribution is 0.0730. The molecule has 4 aromatic rings. The van der Waals surface area contributed by atoms with Gasteiger partial charge in [-0.15, -0.1) is 11.3 Å². The molecule has 0 N–H and O–H groups in total. The van der Waals surface area contributed by atoms with Crippen molar-refractivity contribution in [1.29, 1.82) is 0 Å².